The summed E-state index contributed by atoms with van der Waals surface area (Å²) in [5, 5.41) is 6.40. The second kappa shape index (κ2) is 19.6. The van der Waals surface area contributed by atoms with Crippen molar-refractivity contribution in [2.24, 2.45) is 5.73 Å². The summed E-state index contributed by atoms with van der Waals surface area (Å²) >= 11 is 0. The van der Waals surface area contributed by atoms with Crippen molar-refractivity contribution in [2.45, 2.75) is 38.1 Å². The molecular formula is C46H41F4N11O. The van der Waals surface area contributed by atoms with Crippen LogP contribution in [0.25, 0.3) is 44.8 Å². The van der Waals surface area contributed by atoms with Crippen LogP contribution >= 0.6 is 0 Å². The Hall–Kier alpha value is -7.59. The third kappa shape index (κ3) is 10.8. The summed E-state index contributed by atoms with van der Waals surface area (Å²) < 4.78 is 55.0. The van der Waals surface area contributed by atoms with Crippen LogP contribution in [0.15, 0.2) is 158 Å². The molecule has 0 saturated carbocycles. The summed E-state index contributed by atoms with van der Waals surface area (Å²) in [6.45, 7) is 2.46. The van der Waals surface area contributed by atoms with Crippen molar-refractivity contribution >= 4 is 11.9 Å². The van der Waals surface area contributed by atoms with E-state index in [-0.39, 0.29) is 23.6 Å². The van der Waals surface area contributed by atoms with Gasteiger partial charge in [-0.3, -0.25) is 19.7 Å². The Kier molecular flexibility index (Phi) is 13.5. The van der Waals surface area contributed by atoms with Gasteiger partial charge < -0.3 is 20.9 Å². The van der Waals surface area contributed by atoms with Gasteiger partial charge in [0, 0.05) is 72.7 Å². The first kappa shape index (κ1) is 42.5. The van der Waals surface area contributed by atoms with Crippen LogP contribution in [0, 0.1) is 5.82 Å². The summed E-state index contributed by atoms with van der Waals surface area (Å²) in [7, 11) is 0. The Morgan fingerprint density at radius 3 is 2.11 bits per heavy atom. The van der Waals surface area contributed by atoms with Gasteiger partial charge in [-0.15, -0.1) is 0 Å². The monoisotopic (exact) mass is 839 g/mol. The van der Waals surface area contributed by atoms with Crippen LogP contribution < -0.4 is 21.9 Å². The van der Waals surface area contributed by atoms with Crippen LogP contribution in [-0.2, 0) is 12.6 Å². The van der Waals surface area contributed by atoms with Gasteiger partial charge in [0.25, 0.3) is 5.56 Å². The third-order valence-electron chi connectivity index (χ3n) is 9.69. The number of pyridine rings is 2. The minimum Gasteiger partial charge on any atom is -0.353 e. The summed E-state index contributed by atoms with van der Waals surface area (Å²) in [5.74, 6) is 0.322. The van der Waals surface area contributed by atoms with Crippen molar-refractivity contribution in [2.75, 3.05) is 17.2 Å². The van der Waals surface area contributed by atoms with E-state index >= 15 is 0 Å². The number of imidazole rings is 1. The van der Waals surface area contributed by atoms with Gasteiger partial charge >= 0.3 is 6.18 Å². The van der Waals surface area contributed by atoms with Crippen molar-refractivity contribution in [3.05, 3.63) is 180 Å². The van der Waals surface area contributed by atoms with Crippen LogP contribution in [0.1, 0.15) is 30.6 Å². The summed E-state index contributed by atoms with van der Waals surface area (Å²) in [5.41, 5.74) is 10.6. The second-order valence-electron chi connectivity index (χ2n) is 14.1. The van der Waals surface area contributed by atoms with E-state index in [9.17, 15) is 22.4 Å². The van der Waals surface area contributed by atoms with Crippen LogP contribution in [0.3, 0.4) is 0 Å². The van der Waals surface area contributed by atoms with Crippen LogP contribution in [0.2, 0.25) is 0 Å². The molecule has 0 aliphatic heterocycles. The molecule has 314 valence electrons. The lowest BCUT2D eigenvalue weighted by Crippen LogP contribution is -2.31. The molecule has 5 N–H and O–H groups in total. The molecule has 0 fully saturated rings. The molecule has 0 bridgehead atoms. The standard InChI is InChI=1S/C25H22F3N5.C21H19FN6O/c26-25(27,28)20-8-4-7-19(14-20)22-16-32-24(33-23(22)18-9-11-30-12-10-18)31-15-21(29)13-17-5-2-1-3-6-17;1-2-17(28-12-11-24-13-28)25-21-26-19(15-7-9-23-10-8-15)18(20(29)27-21)14-3-5-16(22)6-4-14/h1-12,14,16,21H,13,15,29H2,(H,31,32,33);3-13,17H,2H2,1H3,(H2,25,26,27,29). The number of hydrogen-bond acceptors (Lipinski definition) is 10. The van der Waals surface area contributed by atoms with E-state index < -0.39 is 11.7 Å². The van der Waals surface area contributed by atoms with E-state index in [0.29, 0.717) is 58.5 Å². The molecule has 0 spiro atoms. The topological polar surface area (TPSA) is 165 Å². The second-order valence-corrected chi connectivity index (χ2v) is 14.1. The molecule has 0 amide bonds. The zero-order valence-electron chi connectivity index (χ0n) is 33.3. The number of nitrogens with two attached hydrogens (primary N) is 1. The normalized spacial score (nSPS) is 12.2. The van der Waals surface area contributed by atoms with E-state index in [1.54, 1.807) is 79.8 Å². The molecule has 16 heteroatoms. The first-order valence-electron chi connectivity index (χ1n) is 19.6. The van der Waals surface area contributed by atoms with Crippen LogP contribution in [0.4, 0.5) is 29.5 Å². The first-order chi connectivity index (χ1) is 30.1. The molecule has 2 atom stereocenters. The number of H-pyrrole nitrogens is 1. The number of aromatic amines is 1. The van der Waals surface area contributed by atoms with Crippen LogP contribution in [-0.4, -0.2) is 52.0 Å². The molecule has 8 aromatic rings. The van der Waals surface area contributed by atoms with Gasteiger partial charge in [-0.05, 0) is 78.1 Å². The Morgan fingerprint density at radius 1 is 0.774 bits per heavy atom. The van der Waals surface area contributed by atoms with E-state index in [4.69, 9.17) is 5.73 Å². The fraction of sp³-hybridized carbons (Fsp3) is 0.152. The van der Waals surface area contributed by atoms with Gasteiger partial charge in [0.05, 0.1) is 28.8 Å². The number of nitrogens with one attached hydrogen (secondary N) is 3. The number of alkyl halides is 3. The van der Waals surface area contributed by atoms with E-state index in [1.165, 1.54) is 24.4 Å². The lowest BCUT2D eigenvalue weighted by atomic mass is 9.99. The molecular weight excluding hydrogens is 799 g/mol. The van der Waals surface area contributed by atoms with Gasteiger partial charge in [0.2, 0.25) is 11.9 Å². The van der Waals surface area contributed by atoms with Crippen molar-refractivity contribution in [1.82, 2.24) is 39.5 Å². The van der Waals surface area contributed by atoms with Crippen molar-refractivity contribution < 1.29 is 17.6 Å². The largest absolute Gasteiger partial charge is 0.416 e. The van der Waals surface area contributed by atoms with Gasteiger partial charge in [-0.1, -0.05) is 61.5 Å². The molecule has 0 saturated heterocycles. The maximum Gasteiger partial charge on any atom is 0.416 e. The van der Waals surface area contributed by atoms with Crippen LogP contribution in [0.5, 0.6) is 0 Å². The number of aromatic nitrogens is 8. The molecule has 62 heavy (non-hydrogen) atoms. The minimum atomic E-state index is -4.44. The Morgan fingerprint density at radius 2 is 1.47 bits per heavy atom. The third-order valence-corrected chi connectivity index (χ3v) is 9.69. The Labute approximate surface area is 354 Å². The molecule has 2 unspecified atom stereocenters. The molecule has 5 aromatic heterocycles. The molecule has 0 aliphatic carbocycles. The predicted molar refractivity (Wildman–Crippen MR) is 231 cm³/mol. The molecule has 0 aliphatic rings. The highest BCUT2D eigenvalue weighted by atomic mass is 19.4. The highest BCUT2D eigenvalue weighted by Gasteiger charge is 2.31. The fourth-order valence-electron chi connectivity index (χ4n) is 6.63. The van der Waals surface area contributed by atoms with Gasteiger partial charge in [0.15, 0.2) is 0 Å². The molecule has 8 rings (SSSR count). The average molecular weight is 840 g/mol. The lowest BCUT2D eigenvalue weighted by molar-refractivity contribution is -0.137. The fourth-order valence-corrected chi connectivity index (χ4v) is 6.63. The number of anilines is 2. The number of rotatable bonds is 13. The molecule has 5 heterocycles. The number of hydrogen-bond donors (Lipinski definition) is 4. The molecule has 3 aromatic carbocycles. The zero-order chi connectivity index (χ0) is 43.5. The maximum absolute atomic E-state index is 13.4. The SMILES string of the molecule is CCC(Nc1nc(-c2ccncc2)c(-c2ccc(F)cc2)c(=O)[nH]1)n1ccnc1.NC(CNc1ncc(-c2cccc(C(F)(F)F)c2)c(-c2ccncc2)n1)Cc1ccccc1. The van der Waals surface area contributed by atoms with Crippen molar-refractivity contribution in [1.29, 1.82) is 0 Å². The van der Waals surface area contributed by atoms with E-state index in [0.717, 1.165) is 35.2 Å². The summed E-state index contributed by atoms with van der Waals surface area (Å²) in [4.78, 5) is 41.6. The number of halogens is 4. The van der Waals surface area contributed by atoms with Gasteiger partial charge in [-0.2, -0.15) is 13.2 Å². The molecule has 0 radical (unpaired) electrons. The highest BCUT2D eigenvalue weighted by Crippen LogP contribution is 2.35. The quantitative estimate of drug-likeness (QED) is 0.0824. The minimum absolute atomic E-state index is 0.123. The highest BCUT2D eigenvalue weighted by molar-refractivity contribution is 5.82. The van der Waals surface area contributed by atoms with Gasteiger partial charge in [-0.25, -0.2) is 24.3 Å². The number of nitrogens with zero attached hydrogens (tertiary/aromatic N) is 7. The van der Waals surface area contributed by atoms with E-state index in [2.05, 4.69) is 45.5 Å². The summed E-state index contributed by atoms with van der Waals surface area (Å²) in [6.07, 6.45) is 10.1. The smallest absolute Gasteiger partial charge is 0.353 e. The van der Waals surface area contributed by atoms with Gasteiger partial charge in [0.1, 0.15) is 12.0 Å². The maximum atomic E-state index is 13.4. The lowest BCUT2D eigenvalue weighted by Gasteiger charge is -2.19. The predicted octanol–water partition coefficient (Wildman–Crippen LogP) is 9.06. The number of benzene rings is 3. The average Bonchev–Trinajstić information content (AvgIpc) is 3.84. The summed E-state index contributed by atoms with van der Waals surface area (Å²) in [6, 6.07) is 27.7. The van der Waals surface area contributed by atoms with Crippen molar-refractivity contribution in [3.63, 3.8) is 0 Å². The Balaban J connectivity index is 0.000000188. The Bertz CT molecular complexity index is 2720. The zero-order valence-corrected chi connectivity index (χ0v) is 33.3. The first-order valence-corrected chi connectivity index (χ1v) is 19.6. The van der Waals surface area contributed by atoms with Crippen molar-refractivity contribution in [3.8, 4) is 44.8 Å². The molecule has 12 nitrogen and oxygen atoms in total. The van der Waals surface area contributed by atoms with E-state index in [1.807, 2.05) is 48.0 Å².